The number of ether oxygens (including phenoxy) is 4. The summed E-state index contributed by atoms with van der Waals surface area (Å²) in [5.74, 6) is -0.0289. The molecule has 9 rings (SSSR count). The Labute approximate surface area is 260 Å². The summed E-state index contributed by atoms with van der Waals surface area (Å²) in [6.07, 6.45) is 8.59. The van der Waals surface area contributed by atoms with E-state index in [4.69, 9.17) is 18.9 Å². The molecule has 44 heavy (non-hydrogen) atoms. The van der Waals surface area contributed by atoms with E-state index in [2.05, 4.69) is 64.6 Å². The molecule has 11 atom stereocenters. The second kappa shape index (κ2) is 8.55. The van der Waals surface area contributed by atoms with Crippen LogP contribution in [-0.4, -0.2) is 47.6 Å². The van der Waals surface area contributed by atoms with Gasteiger partial charge in [-0.25, -0.2) is 4.79 Å². The molecule has 8 aliphatic rings. The molecule has 0 unspecified atom stereocenters. The first-order chi connectivity index (χ1) is 21.0. The lowest BCUT2D eigenvalue weighted by Gasteiger charge is -2.48. The van der Waals surface area contributed by atoms with Crippen LogP contribution in [0.3, 0.4) is 0 Å². The predicted octanol–water partition coefficient (Wildman–Crippen LogP) is 6.44. The van der Waals surface area contributed by atoms with Crippen LogP contribution in [0.1, 0.15) is 78.2 Å². The van der Waals surface area contributed by atoms with Gasteiger partial charge in [-0.3, -0.25) is 4.79 Å². The molecule has 0 radical (unpaired) electrons. The molecule has 5 fully saturated rings. The quantitative estimate of drug-likeness (QED) is 0.172. The maximum Gasteiger partial charge on any atom is 0.334 e. The molecule has 2 spiro atoms. The van der Waals surface area contributed by atoms with Crippen molar-refractivity contribution >= 4 is 11.9 Å². The van der Waals surface area contributed by atoms with Crippen LogP contribution in [0.5, 0.6) is 0 Å². The van der Waals surface area contributed by atoms with Crippen molar-refractivity contribution in [3.63, 3.8) is 0 Å². The van der Waals surface area contributed by atoms with Gasteiger partial charge in [0.05, 0.1) is 23.2 Å². The standard InChI is InChI=1S/C38H44O6/c1-21-11-17-38-27(21)31-26(13-16-36(38,5)44-38)37(33(40)43-31)20-24-19-34(37,3)29-28(24)35(4,41-18-14-23-9-7-6-8-10-23)15-12-25-22(2)32(39)42-30(25)29/h6-11,24-27,30-31H,2,12-20H2,1,3-5H3/t24-,25-,26+,27+,30-,31-,34+,35+,36-,37-,38+/m0/s1. The van der Waals surface area contributed by atoms with Crippen molar-refractivity contribution < 1.29 is 28.5 Å². The Balaban J connectivity index is 1.14. The number of fused-ring (bicyclic) bond motifs is 10. The Kier molecular flexibility index (Phi) is 5.37. The first-order valence-electron chi connectivity index (χ1n) is 16.9. The molecule has 6 nitrogen and oxygen atoms in total. The molecule has 2 saturated carbocycles. The summed E-state index contributed by atoms with van der Waals surface area (Å²) in [7, 11) is 0. The van der Waals surface area contributed by atoms with Crippen molar-refractivity contribution in [3.8, 4) is 0 Å². The number of hydrogen-bond acceptors (Lipinski definition) is 6. The fourth-order valence-electron chi connectivity index (χ4n) is 12.1. The van der Waals surface area contributed by atoms with Gasteiger partial charge in [-0.2, -0.15) is 0 Å². The third-order valence-corrected chi connectivity index (χ3v) is 14.1. The molecule has 232 valence electrons. The lowest BCUT2D eigenvalue weighted by molar-refractivity contribution is -0.154. The van der Waals surface area contributed by atoms with Gasteiger partial charge in [0.2, 0.25) is 0 Å². The molecule has 3 aliphatic heterocycles. The Bertz CT molecular complexity index is 1570. The van der Waals surface area contributed by atoms with Crippen LogP contribution >= 0.6 is 0 Å². The minimum Gasteiger partial charge on any atom is -0.461 e. The number of carbonyl (C=O) groups excluding carboxylic acids is 2. The summed E-state index contributed by atoms with van der Waals surface area (Å²) >= 11 is 0. The zero-order valence-corrected chi connectivity index (χ0v) is 26.4. The molecule has 0 amide bonds. The Morgan fingerprint density at radius 1 is 1.00 bits per heavy atom. The van der Waals surface area contributed by atoms with E-state index in [0.717, 1.165) is 56.9 Å². The van der Waals surface area contributed by atoms with Crippen molar-refractivity contribution in [1.82, 2.24) is 0 Å². The third kappa shape index (κ3) is 3.10. The highest BCUT2D eigenvalue weighted by atomic mass is 16.6. The van der Waals surface area contributed by atoms with Crippen LogP contribution in [0.2, 0.25) is 0 Å². The summed E-state index contributed by atoms with van der Waals surface area (Å²) in [6, 6.07) is 10.5. The topological polar surface area (TPSA) is 74.4 Å². The highest BCUT2D eigenvalue weighted by molar-refractivity contribution is 5.92. The van der Waals surface area contributed by atoms with Crippen LogP contribution in [0.4, 0.5) is 0 Å². The lowest BCUT2D eigenvalue weighted by Crippen LogP contribution is -2.51. The summed E-state index contributed by atoms with van der Waals surface area (Å²) in [5.41, 5.74) is 3.57. The van der Waals surface area contributed by atoms with Gasteiger partial charge in [-0.15, -0.1) is 0 Å². The molecule has 2 bridgehead atoms. The average Bonchev–Trinajstić information content (AvgIpc) is 3.34. The van der Waals surface area contributed by atoms with Gasteiger partial charge in [-0.05, 0) is 94.8 Å². The minimum atomic E-state index is -0.644. The Morgan fingerprint density at radius 3 is 2.59 bits per heavy atom. The molecule has 0 aromatic heterocycles. The molecule has 1 aromatic carbocycles. The molecule has 5 aliphatic carbocycles. The summed E-state index contributed by atoms with van der Waals surface area (Å²) < 4.78 is 26.3. The van der Waals surface area contributed by atoms with Gasteiger partial charge in [0.1, 0.15) is 17.8 Å². The van der Waals surface area contributed by atoms with Crippen LogP contribution in [0, 0.1) is 34.5 Å². The number of carbonyl (C=O) groups is 2. The summed E-state index contributed by atoms with van der Waals surface area (Å²) in [6.45, 7) is 13.8. The van der Waals surface area contributed by atoms with E-state index in [9.17, 15) is 9.59 Å². The smallest absolute Gasteiger partial charge is 0.334 e. The van der Waals surface area contributed by atoms with E-state index in [1.807, 2.05) is 6.07 Å². The predicted molar refractivity (Wildman–Crippen MR) is 163 cm³/mol. The molecule has 6 heteroatoms. The van der Waals surface area contributed by atoms with E-state index in [1.165, 1.54) is 16.7 Å². The summed E-state index contributed by atoms with van der Waals surface area (Å²) in [4.78, 5) is 27.6. The van der Waals surface area contributed by atoms with Crippen LogP contribution in [0.25, 0.3) is 0 Å². The van der Waals surface area contributed by atoms with Crippen LogP contribution < -0.4 is 0 Å². The fraction of sp³-hybridized carbons (Fsp3) is 0.632. The van der Waals surface area contributed by atoms with Crippen molar-refractivity contribution in [2.24, 2.45) is 34.5 Å². The molecular weight excluding hydrogens is 552 g/mol. The Hall–Kier alpha value is -2.70. The number of hydrogen-bond donors (Lipinski definition) is 0. The minimum absolute atomic E-state index is 0.0428. The van der Waals surface area contributed by atoms with Gasteiger partial charge in [-0.1, -0.05) is 55.5 Å². The SMILES string of the molecule is C=C1C(=O)O[C@@H]2C3=C([C@H]4C[C@@]3(C)[C@]3(C4)C(=O)O[C@@H]4[C@H]5C(C)=CC[C@@]56O[C@@]6(C)CC[C@H]43)[C@](C)(OCCc3ccccc3)CC[C@@H]12. The monoisotopic (exact) mass is 596 g/mol. The third-order valence-electron chi connectivity index (χ3n) is 14.1. The van der Waals surface area contributed by atoms with Gasteiger partial charge >= 0.3 is 11.9 Å². The van der Waals surface area contributed by atoms with Crippen LogP contribution in [0.15, 0.2) is 65.3 Å². The van der Waals surface area contributed by atoms with E-state index in [0.29, 0.717) is 12.2 Å². The number of benzene rings is 1. The van der Waals surface area contributed by atoms with E-state index < -0.39 is 16.4 Å². The molecule has 3 saturated heterocycles. The largest absolute Gasteiger partial charge is 0.461 e. The van der Waals surface area contributed by atoms with Gasteiger partial charge < -0.3 is 18.9 Å². The maximum absolute atomic E-state index is 14.6. The van der Waals surface area contributed by atoms with Crippen molar-refractivity contribution in [2.75, 3.05) is 6.61 Å². The molecule has 3 heterocycles. The second-order valence-electron chi connectivity index (χ2n) is 15.9. The first-order valence-corrected chi connectivity index (χ1v) is 16.9. The average molecular weight is 597 g/mol. The zero-order chi connectivity index (χ0) is 30.4. The number of rotatable bonds is 4. The van der Waals surface area contributed by atoms with Gasteiger partial charge in [0, 0.05) is 28.7 Å². The molecule has 1 aromatic rings. The fourth-order valence-corrected chi connectivity index (χ4v) is 12.1. The second-order valence-corrected chi connectivity index (χ2v) is 15.9. The first kappa shape index (κ1) is 27.6. The Morgan fingerprint density at radius 2 is 1.80 bits per heavy atom. The highest BCUT2D eigenvalue weighted by Crippen LogP contribution is 2.78. The lowest BCUT2D eigenvalue weighted by atomic mass is 9.52. The maximum atomic E-state index is 14.6. The van der Waals surface area contributed by atoms with Crippen molar-refractivity contribution in [3.05, 3.63) is 70.8 Å². The zero-order valence-electron chi connectivity index (χ0n) is 26.4. The van der Waals surface area contributed by atoms with Gasteiger partial charge in [0.15, 0.2) is 0 Å². The molecule has 0 N–H and O–H groups in total. The van der Waals surface area contributed by atoms with E-state index >= 15 is 0 Å². The van der Waals surface area contributed by atoms with Gasteiger partial charge in [0.25, 0.3) is 0 Å². The molecular formula is C38H44O6. The number of esters is 2. The van der Waals surface area contributed by atoms with Crippen molar-refractivity contribution in [2.45, 2.75) is 108 Å². The normalized spacial score (nSPS) is 49.5. The number of epoxide rings is 1. The van der Waals surface area contributed by atoms with Crippen LogP contribution in [-0.2, 0) is 35.0 Å². The van der Waals surface area contributed by atoms with E-state index in [-0.39, 0.29) is 59.0 Å². The van der Waals surface area contributed by atoms with E-state index in [1.54, 1.807) is 0 Å². The summed E-state index contributed by atoms with van der Waals surface area (Å²) in [5, 5.41) is 0. The van der Waals surface area contributed by atoms with Crippen molar-refractivity contribution in [1.29, 1.82) is 0 Å². The highest BCUT2D eigenvalue weighted by Gasteiger charge is 2.82.